The highest BCUT2D eigenvalue weighted by molar-refractivity contribution is 5.97. The maximum absolute atomic E-state index is 13.9. The molecular formula is C36H67N13O10. The van der Waals surface area contributed by atoms with Gasteiger partial charge in [-0.1, -0.05) is 27.7 Å². The van der Waals surface area contributed by atoms with Crippen LogP contribution in [0.3, 0.4) is 0 Å². The molecule has 0 aromatic rings. The van der Waals surface area contributed by atoms with Crippen LogP contribution in [-0.2, 0) is 33.6 Å². The average Bonchev–Trinajstić information content (AvgIpc) is 3.64. The summed E-state index contributed by atoms with van der Waals surface area (Å²) in [5.74, 6) is -6.58. The van der Waals surface area contributed by atoms with Gasteiger partial charge in [-0.15, -0.1) is 0 Å². The largest absolute Gasteiger partial charge is 0.480 e. The summed E-state index contributed by atoms with van der Waals surface area (Å²) in [6.45, 7) is 7.90. The van der Waals surface area contributed by atoms with E-state index in [4.69, 9.17) is 28.7 Å². The van der Waals surface area contributed by atoms with E-state index in [9.17, 15) is 48.9 Å². The molecule has 23 heteroatoms. The number of hydrogen-bond acceptors (Lipinski definition) is 12. The van der Waals surface area contributed by atoms with Gasteiger partial charge >= 0.3 is 5.97 Å². The van der Waals surface area contributed by atoms with Crippen LogP contribution in [-0.4, -0.2) is 148 Å². The number of aliphatic carboxylic acids is 1. The Morgan fingerprint density at radius 1 is 0.695 bits per heavy atom. The highest BCUT2D eigenvalue weighted by Crippen LogP contribution is 2.20. The summed E-state index contributed by atoms with van der Waals surface area (Å²) in [6, 6.07) is -9.03. The van der Waals surface area contributed by atoms with Crippen molar-refractivity contribution in [2.24, 2.45) is 50.5 Å². The Bertz CT molecular complexity index is 1480. The molecule has 0 aromatic heterocycles. The third-order valence-corrected chi connectivity index (χ3v) is 9.24. The lowest BCUT2D eigenvalue weighted by atomic mass is 10.00. The normalized spacial score (nSPS) is 17.3. The van der Waals surface area contributed by atoms with Crippen molar-refractivity contribution in [3.63, 3.8) is 0 Å². The molecule has 23 nitrogen and oxygen atoms in total. The van der Waals surface area contributed by atoms with Gasteiger partial charge in [0.1, 0.15) is 36.3 Å². The number of guanidine groups is 2. The Morgan fingerprint density at radius 2 is 1.19 bits per heavy atom. The maximum atomic E-state index is 13.9. The zero-order valence-electron chi connectivity index (χ0n) is 34.7. The second kappa shape index (κ2) is 25.9. The van der Waals surface area contributed by atoms with E-state index in [-0.39, 0.29) is 81.9 Å². The number of nitrogens with zero attached hydrogens (tertiary/aromatic N) is 3. The second-order valence-electron chi connectivity index (χ2n) is 15.4. The molecular weight excluding hydrogens is 774 g/mol. The molecule has 1 heterocycles. The van der Waals surface area contributed by atoms with Crippen LogP contribution in [0, 0.1) is 11.8 Å². The van der Waals surface area contributed by atoms with E-state index in [0.717, 1.165) is 4.90 Å². The number of nitrogens with two attached hydrogens (primary N) is 5. The highest BCUT2D eigenvalue weighted by atomic mass is 16.4. The molecule has 336 valence electrons. The van der Waals surface area contributed by atoms with Crippen LogP contribution < -0.4 is 55.3 Å². The fourth-order valence-electron chi connectivity index (χ4n) is 6.23. The predicted molar refractivity (Wildman–Crippen MR) is 217 cm³/mol. The van der Waals surface area contributed by atoms with Crippen molar-refractivity contribution in [1.82, 2.24) is 31.5 Å². The summed E-state index contributed by atoms with van der Waals surface area (Å²) in [7, 11) is 0. The fraction of sp³-hybridized carbons (Fsp3) is 0.750. The number of carboxylic acids is 1. The van der Waals surface area contributed by atoms with Gasteiger partial charge in [-0.2, -0.15) is 0 Å². The van der Waals surface area contributed by atoms with Gasteiger partial charge in [-0.3, -0.25) is 38.8 Å². The smallest absolute Gasteiger partial charge is 0.326 e. The summed E-state index contributed by atoms with van der Waals surface area (Å²) in [6.07, 6.45) is 0.0200. The Balaban J connectivity index is 3.16. The lowest BCUT2D eigenvalue weighted by Crippen LogP contribution is -2.61. The first kappa shape index (κ1) is 51.7. The molecule has 1 fully saturated rings. The first-order valence-electron chi connectivity index (χ1n) is 19.8. The third kappa shape index (κ3) is 18.9. The molecule has 0 unspecified atom stereocenters. The van der Waals surface area contributed by atoms with Gasteiger partial charge in [0.15, 0.2) is 11.9 Å². The number of likely N-dealkylation sites (tertiary alicyclic amines) is 1. The fourth-order valence-corrected chi connectivity index (χ4v) is 6.23. The minimum Gasteiger partial charge on any atom is -0.480 e. The van der Waals surface area contributed by atoms with Gasteiger partial charge in [0.2, 0.25) is 35.4 Å². The van der Waals surface area contributed by atoms with E-state index in [2.05, 4.69) is 36.6 Å². The van der Waals surface area contributed by atoms with Crippen LogP contribution in [0.1, 0.15) is 86.0 Å². The molecule has 18 N–H and O–H groups in total. The van der Waals surface area contributed by atoms with Gasteiger partial charge in [-0.05, 0) is 70.1 Å². The SMILES string of the molecule is CC(C)C[C@H](NC(=O)[C@H](CC(C)C)NC(=O)[C@H](CO)NC(=O)[C@@H]1CCCN1C(=O)[C@@H](NC(=O)[C@H](CCCN=C(N)N)NC(=O)[C@@H](N)CCCN=C(N)N)[C@@H](C)O)C(=O)O. The first-order valence-corrected chi connectivity index (χ1v) is 19.8. The zero-order chi connectivity index (χ0) is 45.0. The van der Waals surface area contributed by atoms with E-state index in [1.165, 1.54) is 6.92 Å². The van der Waals surface area contributed by atoms with Crippen LogP contribution in [0.25, 0.3) is 0 Å². The van der Waals surface area contributed by atoms with Gasteiger partial charge < -0.3 is 75.5 Å². The molecule has 1 aliphatic rings. The monoisotopic (exact) mass is 842 g/mol. The number of aliphatic hydroxyl groups excluding tert-OH is 2. The van der Waals surface area contributed by atoms with Crippen molar-refractivity contribution < 1.29 is 48.9 Å². The van der Waals surface area contributed by atoms with Crippen molar-refractivity contribution in [1.29, 1.82) is 0 Å². The predicted octanol–water partition coefficient (Wildman–Crippen LogP) is -4.61. The van der Waals surface area contributed by atoms with Crippen molar-refractivity contribution in [3.8, 4) is 0 Å². The Morgan fingerprint density at radius 3 is 1.69 bits per heavy atom. The van der Waals surface area contributed by atoms with E-state index in [0.29, 0.717) is 12.8 Å². The first-order chi connectivity index (χ1) is 27.6. The second-order valence-corrected chi connectivity index (χ2v) is 15.4. The molecule has 0 aliphatic carbocycles. The van der Waals surface area contributed by atoms with Gasteiger partial charge in [0.05, 0.1) is 18.8 Å². The molecule has 0 saturated carbocycles. The van der Waals surface area contributed by atoms with E-state index in [1.807, 2.05) is 0 Å². The molecule has 8 atom stereocenters. The molecule has 6 amide bonds. The average molecular weight is 842 g/mol. The van der Waals surface area contributed by atoms with Crippen molar-refractivity contribution in [2.45, 2.75) is 134 Å². The van der Waals surface area contributed by atoms with Crippen LogP contribution in [0.5, 0.6) is 0 Å². The molecule has 0 aromatic carbocycles. The number of hydrogen-bond donors (Lipinski definition) is 13. The Labute approximate surface area is 344 Å². The minimum atomic E-state index is -1.58. The quantitative estimate of drug-likeness (QED) is 0.0221. The van der Waals surface area contributed by atoms with Crippen molar-refractivity contribution in [3.05, 3.63) is 0 Å². The molecule has 0 radical (unpaired) electrons. The topological polar surface area (TPSA) is 398 Å². The minimum absolute atomic E-state index is 0.00687. The number of aliphatic hydroxyl groups is 2. The summed E-state index contributed by atoms with van der Waals surface area (Å²) < 4.78 is 0. The van der Waals surface area contributed by atoms with Crippen molar-refractivity contribution in [2.75, 3.05) is 26.2 Å². The standard InChI is InChI=1S/C36H67N13O10/c1-18(2)15-23(30(54)46-24(34(58)59)16-19(3)4)45-31(55)25(17-50)47-32(56)26-11-8-14-49(26)33(57)27(20(5)51)48-29(53)22(10-7-13-43-36(40)41)44-28(52)21(37)9-6-12-42-35(38)39/h18-27,50-51H,6-17,37H2,1-5H3,(H,44,52)(H,45,55)(H,46,54)(H,47,56)(H,48,53)(H,58,59)(H4,38,39,42)(H4,40,41,43)/t20-,21+,22+,23+,24+,25+,26+,27+/m1/s1. The summed E-state index contributed by atoms with van der Waals surface area (Å²) in [4.78, 5) is 101. The summed E-state index contributed by atoms with van der Waals surface area (Å²) in [5, 5.41) is 42.8. The third-order valence-electron chi connectivity index (χ3n) is 9.24. The van der Waals surface area contributed by atoms with Crippen LogP contribution in [0.15, 0.2) is 9.98 Å². The van der Waals surface area contributed by atoms with Crippen LogP contribution in [0.2, 0.25) is 0 Å². The zero-order valence-corrected chi connectivity index (χ0v) is 34.7. The molecule has 0 spiro atoms. The van der Waals surface area contributed by atoms with E-state index < -0.39 is 96.4 Å². The Kier molecular flexibility index (Phi) is 22.7. The van der Waals surface area contributed by atoms with Crippen molar-refractivity contribution >= 4 is 53.3 Å². The molecule has 0 bridgehead atoms. The molecule has 1 aliphatic heterocycles. The Hall–Kier alpha value is -5.29. The van der Waals surface area contributed by atoms with E-state index >= 15 is 0 Å². The lowest BCUT2D eigenvalue weighted by Gasteiger charge is -2.32. The molecule has 1 rings (SSSR count). The van der Waals surface area contributed by atoms with Crippen LogP contribution >= 0.6 is 0 Å². The highest BCUT2D eigenvalue weighted by Gasteiger charge is 2.41. The van der Waals surface area contributed by atoms with Gasteiger partial charge in [0, 0.05) is 19.6 Å². The number of rotatable bonds is 26. The molecule has 1 saturated heterocycles. The number of aliphatic imine (C=N–C) groups is 2. The lowest BCUT2D eigenvalue weighted by molar-refractivity contribution is -0.145. The van der Waals surface area contributed by atoms with Crippen LogP contribution in [0.4, 0.5) is 0 Å². The summed E-state index contributed by atoms with van der Waals surface area (Å²) >= 11 is 0. The number of carbonyl (C=O) groups excluding carboxylic acids is 6. The number of nitrogens with one attached hydrogen (secondary N) is 5. The van der Waals surface area contributed by atoms with Gasteiger partial charge in [-0.25, -0.2) is 4.79 Å². The summed E-state index contributed by atoms with van der Waals surface area (Å²) in [5.41, 5.74) is 27.5. The molecule has 59 heavy (non-hydrogen) atoms. The van der Waals surface area contributed by atoms with E-state index in [1.54, 1.807) is 27.7 Å². The van der Waals surface area contributed by atoms with Gasteiger partial charge in [0.25, 0.3) is 0 Å². The number of carbonyl (C=O) groups is 7. The number of amides is 6. The number of carboxylic acid groups (broad SMARTS) is 1. The maximum Gasteiger partial charge on any atom is 0.326 e.